The molecule has 11 heavy (non-hydrogen) atoms. The summed E-state index contributed by atoms with van der Waals surface area (Å²) in [7, 11) is 1.00. The second-order valence-electron chi connectivity index (χ2n) is 1.66. The summed E-state index contributed by atoms with van der Waals surface area (Å²) in [6.07, 6.45) is 0. The molecule has 3 heteroatoms. The van der Waals surface area contributed by atoms with Gasteiger partial charge in [0.1, 0.15) is 5.75 Å². The minimum atomic E-state index is 0.189. The van der Waals surface area contributed by atoms with Crippen LogP contribution >= 0.6 is 0 Å². The molecule has 0 unspecified atom stereocenters. The third-order valence-electron chi connectivity index (χ3n) is 0.996. The highest BCUT2D eigenvalue weighted by atomic mass is 16.3. The van der Waals surface area contributed by atoms with Crippen LogP contribution in [0.3, 0.4) is 0 Å². The molecule has 1 aromatic carbocycles. The van der Waals surface area contributed by atoms with Gasteiger partial charge in [0, 0.05) is 7.11 Å². The van der Waals surface area contributed by atoms with Crippen molar-refractivity contribution in [3.63, 3.8) is 0 Å². The van der Waals surface area contributed by atoms with Crippen molar-refractivity contribution in [1.82, 2.24) is 0 Å². The molecule has 1 rings (SSSR count). The minimum absolute atomic E-state index is 0.189. The Morgan fingerprint density at radius 2 is 1.64 bits per heavy atom. The van der Waals surface area contributed by atoms with Crippen molar-refractivity contribution in [2.45, 2.75) is 0 Å². The number of phenols is 1. The number of aliphatic hydroxyl groups excluding tert-OH is 1. The lowest BCUT2D eigenvalue weighted by Crippen LogP contribution is -1.69. The van der Waals surface area contributed by atoms with Crippen LogP contribution in [0, 0.1) is 11.3 Å². The van der Waals surface area contributed by atoms with Gasteiger partial charge in [-0.1, -0.05) is 0 Å². The summed E-state index contributed by atoms with van der Waals surface area (Å²) in [5.41, 5.74) is 0.563. The third kappa shape index (κ3) is 3.23. The van der Waals surface area contributed by atoms with Gasteiger partial charge in [-0.25, -0.2) is 0 Å². The smallest absolute Gasteiger partial charge is 0.115 e. The molecular weight excluding hydrogens is 142 g/mol. The first kappa shape index (κ1) is 9.47. The molecule has 2 N–H and O–H groups in total. The molecule has 0 spiro atoms. The number of aromatic hydroxyl groups is 1. The Morgan fingerprint density at radius 1 is 1.18 bits per heavy atom. The summed E-state index contributed by atoms with van der Waals surface area (Å²) in [5, 5.41) is 24.0. The molecule has 0 atom stereocenters. The summed E-state index contributed by atoms with van der Waals surface area (Å²) < 4.78 is 0. The summed E-state index contributed by atoms with van der Waals surface area (Å²) in [6, 6.07) is 8.04. The third-order valence-corrected chi connectivity index (χ3v) is 0.996. The Morgan fingerprint density at radius 3 is 2.00 bits per heavy atom. The lowest BCUT2D eigenvalue weighted by atomic mass is 10.2. The molecule has 0 aliphatic heterocycles. The molecular formula is C8H9NO2. The van der Waals surface area contributed by atoms with E-state index in [1.54, 1.807) is 12.1 Å². The van der Waals surface area contributed by atoms with Crippen molar-refractivity contribution in [2.75, 3.05) is 7.11 Å². The van der Waals surface area contributed by atoms with E-state index in [9.17, 15) is 0 Å². The number of hydrogen-bond donors (Lipinski definition) is 2. The van der Waals surface area contributed by atoms with E-state index in [0.29, 0.717) is 5.56 Å². The van der Waals surface area contributed by atoms with Gasteiger partial charge in [-0.05, 0) is 24.3 Å². The normalized spacial score (nSPS) is 7.36. The van der Waals surface area contributed by atoms with Crippen LogP contribution in [0.4, 0.5) is 0 Å². The molecule has 0 aromatic heterocycles. The number of nitriles is 1. The van der Waals surface area contributed by atoms with E-state index in [2.05, 4.69) is 0 Å². The molecule has 0 saturated carbocycles. The van der Waals surface area contributed by atoms with Gasteiger partial charge in [-0.15, -0.1) is 0 Å². The van der Waals surface area contributed by atoms with Gasteiger partial charge in [0.05, 0.1) is 11.6 Å². The Kier molecular flexibility index (Phi) is 4.54. The van der Waals surface area contributed by atoms with Crippen molar-refractivity contribution < 1.29 is 10.2 Å². The quantitative estimate of drug-likeness (QED) is 0.578. The molecule has 0 aliphatic carbocycles. The summed E-state index contributed by atoms with van der Waals surface area (Å²) in [5.74, 6) is 0.189. The van der Waals surface area contributed by atoms with Crippen molar-refractivity contribution >= 4 is 0 Å². The maximum absolute atomic E-state index is 8.74. The van der Waals surface area contributed by atoms with E-state index in [4.69, 9.17) is 15.5 Å². The fraction of sp³-hybridized carbons (Fsp3) is 0.125. The fourth-order valence-corrected chi connectivity index (χ4v) is 0.536. The van der Waals surface area contributed by atoms with Crippen molar-refractivity contribution in [1.29, 1.82) is 5.26 Å². The predicted octanol–water partition coefficient (Wildman–Crippen LogP) is 0.872. The highest BCUT2D eigenvalue weighted by Crippen LogP contribution is 2.07. The zero-order valence-corrected chi connectivity index (χ0v) is 6.15. The maximum atomic E-state index is 8.74. The molecule has 0 saturated heterocycles. The molecule has 0 fully saturated rings. The van der Waals surface area contributed by atoms with E-state index in [1.807, 2.05) is 6.07 Å². The van der Waals surface area contributed by atoms with Crippen molar-refractivity contribution in [3.8, 4) is 11.8 Å². The number of nitrogens with zero attached hydrogens (tertiary/aromatic N) is 1. The number of rotatable bonds is 0. The Hall–Kier alpha value is -1.53. The number of hydrogen-bond acceptors (Lipinski definition) is 3. The highest BCUT2D eigenvalue weighted by molar-refractivity contribution is 5.33. The number of phenolic OH excluding ortho intramolecular Hbond substituents is 1. The average molecular weight is 151 g/mol. The average Bonchev–Trinajstić information content (AvgIpc) is 2.10. The van der Waals surface area contributed by atoms with Crippen LogP contribution < -0.4 is 0 Å². The van der Waals surface area contributed by atoms with Crippen LogP contribution in [0.15, 0.2) is 24.3 Å². The largest absolute Gasteiger partial charge is 0.508 e. The predicted molar refractivity (Wildman–Crippen MR) is 41.0 cm³/mol. The Labute approximate surface area is 65.1 Å². The molecule has 58 valence electrons. The van der Waals surface area contributed by atoms with Crippen molar-refractivity contribution in [2.24, 2.45) is 0 Å². The van der Waals surface area contributed by atoms with Crippen LogP contribution in [-0.2, 0) is 0 Å². The molecule has 3 nitrogen and oxygen atoms in total. The van der Waals surface area contributed by atoms with E-state index in [0.717, 1.165) is 7.11 Å². The first-order chi connectivity index (χ1) is 5.33. The lowest BCUT2D eigenvalue weighted by molar-refractivity contribution is 0.399. The Bertz CT molecular complexity index is 235. The Balaban J connectivity index is 0.000000461. The molecule has 1 aromatic rings. The summed E-state index contributed by atoms with van der Waals surface area (Å²) >= 11 is 0. The number of aliphatic hydroxyl groups is 1. The lowest BCUT2D eigenvalue weighted by Gasteiger charge is -1.87. The van der Waals surface area contributed by atoms with Gasteiger partial charge < -0.3 is 10.2 Å². The van der Waals surface area contributed by atoms with E-state index < -0.39 is 0 Å². The van der Waals surface area contributed by atoms with Crippen molar-refractivity contribution in [3.05, 3.63) is 29.8 Å². The van der Waals surface area contributed by atoms with Gasteiger partial charge >= 0.3 is 0 Å². The molecule has 0 aliphatic rings. The minimum Gasteiger partial charge on any atom is -0.508 e. The van der Waals surface area contributed by atoms with Gasteiger partial charge in [0.15, 0.2) is 0 Å². The molecule has 0 bridgehead atoms. The topological polar surface area (TPSA) is 64.2 Å². The molecule has 0 radical (unpaired) electrons. The second kappa shape index (κ2) is 5.27. The van der Waals surface area contributed by atoms with E-state index in [-0.39, 0.29) is 5.75 Å². The highest BCUT2D eigenvalue weighted by Gasteiger charge is 1.86. The van der Waals surface area contributed by atoms with Crippen LogP contribution in [0.25, 0.3) is 0 Å². The van der Waals surface area contributed by atoms with E-state index in [1.165, 1.54) is 12.1 Å². The van der Waals surface area contributed by atoms with Crippen LogP contribution in [-0.4, -0.2) is 17.3 Å². The van der Waals surface area contributed by atoms with Gasteiger partial charge in [0.2, 0.25) is 0 Å². The summed E-state index contributed by atoms with van der Waals surface area (Å²) in [4.78, 5) is 0. The SMILES string of the molecule is CO.N#Cc1ccc(O)cc1. The van der Waals surface area contributed by atoms with Gasteiger partial charge in [0.25, 0.3) is 0 Å². The van der Waals surface area contributed by atoms with Gasteiger partial charge in [-0.2, -0.15) is 5.26 Å². The second-order valence-corrected chi connectivity index (χ2v) is 1.66. The standard InChI is InChI=1S/C7H5NO.CH4O/c8-5-6-1-3-7(9)4-2-6;1-2/h1-4,9H;2H,1H3. The van der Waals surface area contributed by atoms with Crippen LogP contribution in [0.5, 0.6) is 5.75 Å². The molecule has 0 amide bonds. The first-order valence-corrected chi connectivity index (χ1v) is 2.97. The molecule has 0 heterocycles. The first-order valence-electron chi connectivity index (χ1n) is 2.97. The zero-order chi connectivity index (χ0) is 8.69. The van der Waals surface area contributed by atoms with E-state index >= 15 is 0 Å². The summed E-state index contributed by atoms with van der Waals surface area (Å²) in [6.45, 7) is 0. The number of benzene rings is 1. The van der Waals surface area contributed by atoms with Crippen LogP contribution in [0.2, 0.25) is 0 Å². The monoisotopic (exact) mass is 151 g/mol. The van der Waals surface area contributed by atoms with Gasteiger partial charge in [-0.3, -0.25) is 0 Å². The fourth-order valence-electron chi connectivity index (χ4n) is 0.536. The zero-order valence-electron chi connectivity index (χ0n) is 6.15. The van der Waals surface area contributed by atoms with Crippen LogP contribution in [0.1, 0.15) is 5.56 Å². The maximum Gasteiger partial charge on any atom is 0.115 e.